The number of nitrogens with zero attached hydrogens (tertiary/aromatic N) is 1. The van der Waals surface area contributed by atoms with Crippen molar-refractivity contribution in [3.8, 4) is 16.3 Å². The maximum atomic E-state index is 13.0. The molecule has 0 amide bonds. The standard InChI is InChI=1S/C24H22F3NO3S/c1-14-21(28-23(32-14)17-4-3-5-18(12-17)24(25,26)27)10-11-30-19-7-8-20-16(13-19)6-9-22(20)31-15(2)29/h3-5,7-8,12-13,22H,6,9-11H2,1-2H3. The molecule has 1 atom stereocenters. The summed E-state index contributed by atoms with van der Waals surface area (Å²) in [5, 5.41) is 0.567. The molecule has 1 unspecified atom stereocenters. The van der Waals surface area contributed by atoms with Gasteiger partial charge in [0.15, 0.2) is 0 Å². The molecule has 3 aromatic rings. The summed E-state index contributed by atoms with van der Waals surface area (Å²) in [4.78, 5) is 16.7. The number of alkyl halides is 3. The van der Waals surface area contributed by atoms with Crippen molar-refractivity contribution in [2.24, 2.45) is 0 Å². The Balaban J connectivity index is 1.40. The SMILES string of the molecule is CC(=O)OC1CCc2cc(OCCc3nc(-c4cccc(C(F)(F)F)c4)sc3C)ccc21. The lowest BCUT2D eigenvalue weighted by atomic mass is 10.1. The Bertz CT molecular complexity index is 1140. The number of hydrogen-bond donors (Lipinski definition) is 0. The molecule has 0 saturated carbocycles. The molecular weight excluding hydrogens is 439 g/mol. The van der Waals surface area contributed by atoms with Gasteiger partial charge in [0.2, 0.25) is 0 Å². The fraction of sp³-hybridized carbons (Fsp3) is 0.333. The first-order chi connectivity index (χ1) is 15.2. The van der Waals surface area contributed by atoms with Crippen LogP contribution in [0.15, 0.2) is 42.5 Å². The topological polar surface area (TPSA) is 48.4 Å². The molecule has 168 valence electrons. The highest BCUT2D eigenvalue weighted by Crippen LogP contribution is 2.37. The molecule has 4 rings (SSSR count). The van der Waals surface area contributed by atoms with E-state index in [1.165, 1.54) is 24.3 Å². The zero-order chi connectivity index (χ0) is 22.9. The van der Waals surface area contributed by atoms with Crippen molar-refractivity contribution in [3.63, 3.8) is 0 Å². The van der Waals surface area contributed by atoms with Gasteiger partial charge in [-0.3, -0.25) is 4.79 Å². The van der Waals surface area contributed by atoms with Gasteiger partial charge in [0.1, 0.15) is 16.9 Å². The molecule has 1 aliphatic rings. The second kappa shape index (κ2) is 8.94. The van der Waals surface area contributed by atoms with Crippen molar-refractivity contribution >= 4 is 17.3 Å². The number of ether oxygens (including phenoxy) is 2. The number of fused-ring (bicyclic) bond motifs is 1. The number of esters is 1. The monoisotopic (exact) mass is 461 g/mol. The number of aryl methyl sites for hydroxylation is 2. The second-order valence-electron chi connectivity index (χ2n) is 7.70. The van der Waals surface area contributed by atoms with Crippen molar-refractivity contribution in [2.75, 3.05) is 6.61 Å². The smallest absolute Gasteiger partial charge is 0.416 e. The molecule has 32 heavy (non-hydrogen) atoms. The molecule has 1 aromatic heterocycles. The Kier molecular flexibility index (Phi) is 6.24. The van der Waals surface area contributed by atoms with E-state index < -0.39 is 11.7 Å². The minimum atomic E-state index is -4.38. The summed E-state index contributed by atoms with van der Waals surface area (Å²) in [7, 11) is 0. The quantitative estimate of drug-likeness (QED) is 0.404. The largest absolute Gasteiger partial charge is 0.493 e. The van der Waals surface area contributed by atoms with E-state index in [1.54, 1.807) is 6.07 Å². The second-order valence-corrected chi connectivity index (χ2v) is 8.90. The van der Waals surface area contributed by atoms with Crippen LogP contribution in [-0.2, 0) is 28.5 Å². The van der Waals surface area contributed by atoms with E-state index in [9.17, 15) is 18.0 Å². The van der Waals surface area contributed by atoms with Crippen LogP contribution in [0.2, 0.25) is 0 Å². The highest BCUT2D eigenvalue weighted by molar-refractivity contribution is 7.15. The number of carbonyl (C=O) groups is 1. The number of rotatable bonds is 6. The number of carbonyl (C=O) groups excluding carboxylic acids is 1. The summed E-state index contributed by atoms with van der Waals surface area (Å²) in [5.41, 5.74) is 2.74. The molecule has 0 spiro atoms. The molecule has 0 bridgehead atoms. The fourth-order valence-electron chi connectivity index (χ4n) is 3.84. The average molecular weight is 462 g/mol. The van der Waals surface area contributed by atoms with E-state index in [2.05, 4.69) is 4.98 Å². The maximum Gasteiger partial charge on any atom is 0.416 e. The molecule has 0 N–H and O–H groups in total. The first kappa shape index (κ1) is 22.3. The minimum Gasteiger partial charge on any atom is -0.493 e. The zero-order valence-electron chi connectivity index (χ0n) is 17.7. The van der Waals surface area contributed by atoms with Crippen LogP contribution in [0.25, 0.3) is 10.6 Å². The van der Waals surface area contributed by atoms with Crippen LogP contribution in [0, 0.1) is 6.92 Å². The average Bonchev–Trinajstić information content (AvgIpc) is 3.30. The Labute approximate surface area is 188 Å². The summed E-state index contributed by atoms with van der Waals surface area (Å²) in [6, 6.07) is 11.0. The Hall–Kier alpha value is -2.87. The summed E-state index contributed by atoms with van der Waals surface area (Å²) >= 11 is 1.38. The number of halogens is 3. The van der Waals surface area contributed by atoms with Crippen molar-refractivity contribution in [2.45, 2.75) is 45.4 Å². The number of aromatic nitrogens is 1. The van der Waals surface area contributed by atoms with Gasteiger partial charge in [0.25, 0.3) is 0 Å². The molecule has 0 fully saturated rings. The molecule has 8 heteroatoms. The van der Waals surface area contributed by atoms with Crippen LogP contribution in [0.5, 0.6) is 5.75 Å². The fourth-order valence-corrected chi connectivity index (χ4v) is 4.80. The predicted molar refractivity (Wildman–Crippen MR) is 116 cm³/mol. The van der Waals surface area contributed by atoms with Gasteiger partial charge in [0.05, 0.1) is 17.9 Å². The molecule has 2 aromatic carbocycles. The van der Waals surface area contributed by atoms with Crippen LogP contribution in [-0.4, -0.2) is 17.6 Å². The van der Waals surface area contributed by atoms with Crippen molar-refractivity contribution in [1.82, 2.24) is 4.98 Å². The van der Waals surface area contributed by atoms with E-state index in [1.807, 2.05) is 25.1 Å². The third kappa shape index (κ3) is 4.96. The number of thiazole rings is 1. The Morgan fingerprint density at radius 1 is 1.22 bits per heavy atom. The molecular formula is C24H22F3NO3S. The van der Waals surface area contributed by atoms with Gasteiger partial charge in [-0.05, 0) is 55.2 Å². The normalized spacial score (nSPS) is 15.5. The van der Waals surface area contributed by atoms with E-state index >= 15 is 0 Å². The lowest BCUT2D eigenvalue weighted by Gasteiger charge is -2.12. The van der Waals surface area contributed by atoms with Gasteiger partial charge < -0.3 is 9.47 Å². The van der Waals surface area contributed by atoms with Crippen LogP contribution in [0.3, 0.4) is 0 Å². The number of benzene rings is 2. The van der Waals surface area contributed by atoms with Crippen molar-refractivity contribution in [1.29, 1.82) is 0 Å². The van der Waals surface area contributed by atoms with Crippen molar-refractivity contribution < 1.29 is 27.4 Å². The predicted octanol–water partition coefficient (Wildman–Crippen LogP) is 6.31. The van der Waals surface area contributed by atoms with Crippen LogP contribution >= 0.6 is 11.3 Å². The lowest BCUT2D eigenvalue weighted by Crippen LogP contribution is -2.05. The third-order valence-corrected chi connectivity index (χ3v) is 6.44. The summed E-state index contributed by atoms with van der Waals surface area (Å²) in [6.45, 7) is 3.72. The molecule has 1 aliphatic carbocycles. The molecule has 1 heterocycles. The first-order valence-corrected chi connectivity index (χ1v) is 11.1. The van der Waals surface area contributed by atoms with Crippen LogP contribution in [0.4, 0.5) is 13.2 Å². The zero-order valence-corrected chi connectivity index (χ0v) is 18.5. The molecule has 0 radical (unpaired) electrons. The van der Waals surface area contributed by atoms with Crippen LogP contribution < -0.4 is 4.74 Å². The van der Waals surface area contributed by atoms with Gasteiger partial charge in [-0.15, -0.1) is 11.3 Å². The summed E-state index contributed by atoms with van der Waals surface area (Å²) in [6.07, 6.45) is -2.42. The highest BCUT2D eigenvalue weighted by atomic mass is 32.1. The van der Waals surface area contributed by atoms with Gasteiger partial charge >= 0.3 is 12.1 Å². The summed E-state index contributed by atoms with van der Waals surface area (Å²) < 4.78 is 50.2. The number of hydrogen-bond acceptors (Lipinski definition) is 5. The van der Waals surface area contributed by atoms with E-state index in [0.29, 0.717) is 23.6 Å². The molecule has 0 saturated heterocycles. The van der Waals surface area contributed by atoms with Gasteiger partial charge in [0, 0.05) is 23.8 Å². The minimum absolute atomic E-state index is 0.191. The molecule has 4 nitrogen and oxygen atoms in total. The van der Waals surface area contributed by atoms with Gasteiger partial charge in [-0.1, -0.05) is 18.2 Å². The Morgan fingerprint density at radius 3 is 2.78 bits per heavy atom. The van der Waals surface area contributed by atoms with Crippen LogP contribution in [0.1, 0.15) is 46.7 Å². The van der Waals surface area contributed by atoms with Gasteiger partial charge in [-0.2, -0.15) is 13.2 Å². The van der Waals surface area contributed by atoms with E-state index in [0.717, 1.165) is 52.4 Å². The third-order valence-electron chi connectivity index (χ3n) is 5.38. The highest BCUT2D eigenvalue weighted by Gasteiger charge is 2.30. The van der Waals surface area contributed by atoms with E-state index in [-0.39, 0.29) is 12.1 Å². The van der Waals surface area contributed by atoms with E-state index in [4.69, 9.17) is 9.47 Å². The lowest BCUT2D eigenvalue weighted by molar-refractivity contribution is -0.146. The summed E-state index contributed by atoms with van der Waals surface area (Å²) in [5.74, 6) is 0.449. The molecule has 0 aliphatic heterocycles. The Morgan fingerprint density at radius 2 is 2.03 bits per heavy atom. The maximum absolute atomic E-state index is 13.0. The van der Waals surface area contributed by atoms with Crippen molar-refractivity contribution in [3.05, 3.63) is 69.7 Å². The first-order valence-electron chi connectivity index (χ1n) is 10.3. The van der Waals surface area contributed by atoms with Gasteiger partial charge in [-0.25, -0.2) is 4.98 Å².